The minimum absolute atomic E-state index is 0.0157. The van der Waals surface area contributed by atoms with Crippen LogP contribution in [0.2, 0.25) is 5.02 Å². The van der Waals surface area contributed by atoms with Gasteiger partial charge in [-0.15, -0.1) is 0 Å². The van der Waals surface area contributed by atoms with Crippen LogP contribution in [0.25, 0.3) is 0 Å². The van der Waals surface area contributed by atoms with Crippen LogP contribution < -0.4 is 5.32 Å². The van der Waals surface area contributed by atoms with E-state index in [9.17, 15) is 9.59 Å². The Balaban J connectivity index is 1.43. The van der Waals surface area contributed by atoms with E-state index >= 15 is 0 Å². The smallest absolute Gasteiger partial charge is 0.336 e. The standard InChI is InChI=1S/C41H46ClN3O5/c1-30-37(40(46)49-25-13-21-43)38(33-18-12-19-34(42)28-33)39(36(44-30)29-48-27-24-45-22-10-2-3-11-23-45)41(47)50-26-20-35(31-14-6-4-7-15-31)32-16-8-5-9-17-32/h4-9,12,14-19,28,35,38,44H,2-3,10-11,13,20,22-27,29H2,1H3. The van der Waals surface area contributed by atoms with Gasteiger partial charge in [0.15, 0.2) is 0 Å². The molecule has 9 heteroatoms. The molecule has 5 rings (SSSR count). The fourth-order valence-corrected chi connectivity index (χ4v) is 6.98. The van der Waals surface area contributed by atoms with Crippen LogP contribution >= 0.6 is 11.6 Å². The number of carbonyl (C=O) groups excluding carboxylic acids is 2. The highest BCUT2D eigenvalue weighted by Gasteiger charge is 2.39. The second kappa shape index (κ2) is 19.1. The van der Waals surface area contributed by atoms with Gasteiger partial charge in [0.1, 0.15) is 6.61 Å². The van der Waals surface area contributed by atoms with Crippen LogP contribution in [0.15, 0.2) is 107 Å². The van der Waals surface area contributed by atoms with Crippen LogP contribution in [0.3, 0.4) is 0 Å². The zero-order chi connectivity index (χ0) is 35.1. The molecular weight excluding hydrogens is 650 g/mol. The molecule has 0 aromatic heterocycles. The second-order valence-corrected chi connectivity index (χ2v) is 13.1. The second-order valence-electron chi connectivity index (χ2n) is 12.7. The van der Waals surface area contributed by atoms with E-state index in [-0.39, 0.29) is 43.3 Å². The van der Waals surface area contributed by atoms with Gasteiger partial charge in [0.25, 0.3) is 0 Å². The lowest BCUT2D eigenvalue weighted by Gasteiger charge is -2.32. The Labute approximate surface area is 300 Å². The summed E-state index contributed by atoms with van der Waals surface area (Å²) in [5.74, 6) is -1.99. The molecule has 2 aliphatic heterocycles. The molecule has 1 fully saturated rings. The first-order valence-corrected chi connectivity index (χ1v) is 17.9. The molecule has 8 nitrogen and oxygen atoms in total. The number of nitriles is 1. The summed E-state index contributed by atoms with van der Waals surface area (Å²) in [6.07, 6.45) is 5.51. The third-order valence-corrected chi connectivity index (χ3v) is 9.49. The van der Waals surface area contributed by atoms with Gasteiger partial charge in [0.05, 0.1) is 55.1 Å². The molecule has 1 unspecified atom stereocenters. The van der Waals surface area contributed by atoms with Crippen molar-refractivity contribution in [2.45, 2.75) is 57.3 Å². The van der Waals surface area contributed by atoms with Gasteiger partial charge in [0.2, 0.25) is 0 Å². The number of carbonyl (C=O) groups is 2. The number of ether oxygens (including phenoxy) is 3. The minimum atomic E-state index is -0.833. The highest BCUT2D eigenvalue weighted by atomic mass is 35.5. The topological polar surface area (TPSA) is 101 Å². The largest absolute Gasteiger partial charge is 0.462 e. The maximum Gasteiger partial charge on any atom is 0.336 e. The average Bonchev–Trinajstić information content (AvgIpc) is 3.41. The Morgan fingerprint density at radius 2 is 1.50 bits per heavy atom. The number of dihydropyridines is 1. The van der Waals surface area contributed by atoms with E-state index in [0.717, 1.165) is 30.8 Å². The van der Waals surface area contributed by atoms with Gasteiger partial charge in [-0.2, -0.15) is 5.26 Å². The van der Waals surface area contributed by atoms with Crippen LogP contribution in [0.1, 0.15) is 74.0 Å². The molecule has 0 saturated carbocycles. The van der Waals surface area contributed by atoms with Crippen molar-refractivity contribution in [2.24, 2.45) is 0 Å². The van der Waals surface area contributed by atoms with Crippen molar-refractivity contribution >= 4 is 23.5 Å². The Hall–Kier alpha value is -4.42. The number of nitrogens with one attached hydrogen (secondary N) is 1. The number of hydrogen-bond acceptors (Lipinski definition) is 8. The van der Waals surface area contributed by atoms with Gasteiger partial charge in [0, 0.05) is 23.2 Å². The number of allylic oxidation sites excluding steroid dienone is 1. The Morgan fingerprint density at radius 1 is 0.860 bits per heavy atom. The summed E-state index contributed by atoms with van der Waals surface area (Å²) in [5.41, 5.74) is 4.50. The van der Waals surface area contributed by atoms with E-state index in [1.54, 1.807) is 25.1 Å². The van der Waals surface area contributed by atoms with E-state index in [1.807, 2.05) is 48.5 Å². The summed E-state index contributed by atoms with van der Waals surface area (Å²) in [6.45, 7) is 5.41. The van der Waals surface area contributed by atoms with E-state index in [1.165, 1.54) is 25.7 Å². The van der Waals surface area contributed by atoms with Crippen LogP contribution in [-0.4, -0.2) is 62.9 Å². The average molecular weight is 696 g/mol. The number of benzene rings is 3. The molecule has 2 heterocycles. The van der Waals surface area contributed by atoms with Gasteiger partial charge >= 0.3 is 11.9 Å². The summed E-state index contributed by atoms with van der Waals surface area (Å²) in [5, 5.41) is 12.8. The van der Waals surface area contributed by atoms with Crippen molar-refractivity contribution < 1.29 is 23.8 Å². The molecule has 50 heavy (non-hydrogen) atoms. The van der Waals surface area contributed by atoms with Crippen molar-refractivity contribution in [3.05, 3.63) is 129 Å². The zero-order valence-electron chi connectivity index (χ0n) is 28.7. The molecule has 0 aliphatic carbocycles. The summed E-state index contributed by atoms with van der Waals surface area (Å²) in [4.78, 5) is 30.4. The monoisotopic (exact) mass is 695 g/mol. The summed E-state index contributed by atoms with van der Waals surface area (Å²) in [7, 11) is 0. The van der Waals surface area contributed by atoms with Gasteiger partial charge in [-0.05, 0) is 68.1 Å². The van der Waals surface area contributed by atoms with Gasteiger partial charge in [-0.1, -0.05) is 97.2 Å². The van der Waals surface area contributed by atoms with Crippen LogP contribution in [0.4, 0.5) is 0 Å². The van der Waals surface area contributed by atoms with Gasteiger partial charge in [-0.3, -0.25) is 0 Å². The molecule has 1 atom stereocenters. The maximum atomic E-state index is 14.4. The van der Waals surface area contributed by atoms with E-state index in [0.29, 0.717) is 35.0 Å². The lowest BCUT2D eigenvalue weighted by molar-refractivity contribution is -0.140. The minimum Gasteiger partial charge on any atom is -0.462 e. The summed E-state index contributed by atoms with van der Waals surface area (Å²) < 4.78 is 17.8. The molecule has 1 saturated heterocycles. The first-order valence-electron chi connectivity index (χ1n) is 17.5. The van der Waals surface area contributed by atoms with Crippen molar-refractivity contribution in [1.29, 1.82) is 5.26 Å². The highest BCUT2D eigenvalue weighted by Crippen LogP contribution is 2.40. The fourth-order valence-electron chi connectivity index (χ4n) is 6.78. The summed E-state index contributed by atoms with van der Waals surface area (Å²) in [6, 6.07) is 29.5. The molecule has 3 aromatic carbocycles. The first-order chi connectivity index (χ1) is 24.5. The van der Waals surface area contributed by atoms with Gasteiger partial charge in [-0.25, -0.2) is 9.59 Å². The molecule has 3 aromatic rings. The van der Waals surface area contributed by atoms with Gasteiger partial charge < -0.3 is 24.4 Å². The number of rotatable bonds is 15. The first kappa shape index (κ1) is 36.9. The molecule has 0 amide bonds. The SMILES string of the molecule is CC1=C(C(=O)OCCC#N)C(c2cccc(Cl)c2)C(C(=O)OCCC(c2ccccc2)c2ccccc2)=C(COCCN2CCCCCC2)N1. The Morgan fingerprint density at radius 3 is 2.14 bits per heavy atom. The lowest BCUT2D eigenvalue weighted by atomic mass is 9.80. The van der Waals surface area contributed by atoms with Crippen LogP contribution in [0.5, 0.6) is 0 Å². The fraction of sp³-hybridized carbons (Fsp3) is 0.390. The molecule has 262 valence electrons. The molecule has 0 radical (unpaired) electrons. The molecule has 0 spiro atoms. The number of hydrogen-bond donors (Lipinski definition) is 1. The van der Waals surface area contributed by atoms with Crippen molar-refractivity contribution in [1.82, 2.24) is 10.2 Å². The lowest BCUT2D eigenvalue weighted by Crippen LogP contribution is -2.35. The Bertz CT molecular complexity index is 1640. The number of esters is 2. The Kier molecular flexibility index (Phi) is 14.1. The maximum absolute atomic E-state index is 14.4. The van der Waals surface area contributed by atoms with E-state index < -0.39 is 17.9 Å². The van der Waals surface area contributed by atoms with Crippen molar-refractivity contribution in [3.8, 4) is 6.07 Å². The predicted molar refractivity (Wildman–Crippen MR) is 194 cm³/mol. The normalized spacial score (nSPS) is 16.8. The van der Waals surface area contributed by atoms with Crippen molar-refractivity contribution in [3.63, 3.8) is 0 Å². The van der Waals surface area contributed by atoms with Crippen molar-refractivity contribution in [2.75, 3.05) is 46.1 Å². The highest BCUT2D eigenvalue weighted by molar-refractivity contribution is 6.30. The number of nitrogens with zero attached hydrogens (tertiary/aromatic N) is 2. The number of likely N-dealkylation sites (tertiary alicyclic amines) is 1. The quantitative estimate of drug-likeness (QED) is 0.128. The molecule has 2 aliphatic rings. The van der Waals surface area contributed by atoms with Crippen LogP contribution in [0, 0.1) is 11.3 Å². The van der Waals surface area contributed by atoms with Crippen LogP contribution in [-0.2, 0) is 23.8 Å². The molecular formula is C41H46ClN3O5. The molecule has 1 N–H and O–H groups in total. The zero-order valence-corrected chi connectivity index (χ0v) is 29.5. The predicted octanol–water partition coefficient (Wildman–Crippen LogP) is 7.67. The summed E-state index contributed by atoms with van der Waals surface area (Å²) >= 11 is 6.47. The number of halogens is 1. The van der Waals surface area contributed by atoms with E-state index in [2.05, 4.69) is 34.5 Å². The molecule has 0 bridgehead atoms. The van der Waals surface area contributed by atoms with E-state index in [4.69, 9.17) is 31.1 Å². The third kappa shape index (κ3) is 10.1. The third-order valence-electron chi connectivity index (χ3n) is 9.25.